The van der Waals surface area contributed by atoms with Crippen molar-refractivity contribution in [3.63, 3.8) is 0 Å². The average Bonchev–Trinajstić information content (AvgIpc) is 2.86. The quantitative estimate of drug-likeness (QED) is 0.392. The van der Waals surface area contributed by atoms with Crippen LogP contribution in [0.2, 0.25) is 0 Å². The molecule has 32 heavy (non-hydrogen) atoms. The van der Waals surface area contributed by atoms with Gasteiger partial charge in [0.15, 0.2) is 5.78 Å². The Kier molecular flexibility index (Phi) is 6.21. The third kappa shape index (κ3) is 4.33. The zero-order valence-electron chi connectivity index (χ0n) is 17.3. The van der Waals surface area contributed by atoms with E-state index in [4.69, 9.17) is 0 Å². The number of rotatable bonds is 6. The van der Waals surface area contributed by atoms with Gasteiger partial charge in [0, 0.05) is 0 Å². The highest BCUT2D eigenvalue weighted by atomic mass is 16.1. The van der Waals surface area contributed by atoms with Gasteiger partial charge in [0.2, 0.25) is 0 Å². The molecule has 0 bridgehead atoms. The lowest BCUT2D eigenvalue weighted by Crippen LogP contribution is -2.23. The van der Waals surface area contributed by atoms with Crippen LogP contribution in [-0.4, -0.2) is 5.78 Å². The van der Waals surface area contributed by atoms with E-state index < -0.39 is 11.8 Å². The third-order valence-corrected chi connectivity index (χ3v) is 5.58. The van der Waals surface area contributed by atoms with Crippen molar-refractivity contribution in [2.24, 2.45) is 0 Å². The van der Waals surface area contributed by atoms with Gasteiger partial charge in [-0.05, 0) is 46.5 Å². The fraction of sp³-hybridized carbons (Fsp3) is 0.0690. The van der Waals surface area contributed by atoms with Gasteiger partial charge in [-0.3, -0.25) is 4.79 Å². The van der Waals surface area contributed by atoms with Crippen LogP contribution in [0.4, 0.5) is 0 Å². The van der Waals surface area contributed by atoms with E-state index in [9.17, 15) is 15.3 Å². The lowest BCUT2D eigenvalue weighted by Gasteiger charge is -2.24. The van der Waals surface area contributed by atoms with Crippen molar-refractivity contribution in [1.82, 2.24) is 0 Å². The first-order valence-electron chi connectivity index (χ1n) is 10.3. The molecule has 4 rings (SSSR count). The van der Waals surface area contributed by atoms with Gasteiger partial charge in [0.05, 0.1) is 35.1 Å². The van der Waals surface area contributed by atoms with Crippen LogP contribution in [0.3, 0.4) is 0 Å². The molecule has 0 spiro atoms. The van der Waals surface area contributed by atoms with Gasteiger partial charge >= 0.3 is 0 Å². The number of hydrogen-bond acceptors (Lipinski definition) is 3. The second-order valence-corrected chi connectivity index (χ2v) is 7.56. The van der Waals surface area contributed by atoms with Crippen molar-refractivity contribution in [3.8, 4) is 12.1 Å². The normalized spacial score (nSPS) is 12.2. The Labute approximate surface area is 187 Å². The minimum Gasteiger partial charge on any atom is -0.298 e. The van der Waals surface area contributed by atoms with Crippen LogP contribution in [0.5, 0.6) is 0 Å². The molecule has 0 radical (unpaired) electrons. The van der Waals surface area contributed by atoms with Gasteiger partial charge in [-0.1, -0.05) is 84.9 Å². The summed E-state index contributed by atoms with van der Waals surface area (Å²) >= 11 is 0. The van der Waals surface area contributed by atoms with E-state index in [1.54, 1.807) is 24.3 Å². The molecule has 0 saturated heterocycles. The predicted molar refractivity (Wildman–Crippen MR) is 124 cm³/mol. The molecule has 0 N–H and O–H groups in total. The van der Waals surface area contributed by atoms with Gasteiger partial charge in [-0.2, -0.15) is 10.5 Å². The summed E-state index contributed by atoms with van der Waals surface area (Å²) in [6.45, 7) is 0. The lowest BCUT2D eigenvalue weighted by molar-refractivity contribution is -0.120. The van der Waals surface area contributed by atoms with Crippen molar-refractivity contribution in [2.75, 3.05) is 0 Å². The van der Waals surface area contributed by atoms with Crippen molar-refractivity contribution in [2.45, 2.75) is 11.8 Å². The summed E-state index contributed by atoms with van der Waals surface area (Å²) in [5.41, 5.74) is 4.59. The monoisotopic (exact) mass is 412 g/mol. The predicted octanol–water partition coefficient (Wildman–Crippen LogP) is 5.96. The molecule has 0 saturated carbocycles. The Morgan fingerprint density at radius 3 is 1.12 bits per heavy atom. The molecule has 0 fully saturated rings. The number of nitrogens with zero attached hydrogens (tertiary/aromatic N) is 2. The third-order valence-electron chi connectivity index (χ3n) is 5.58. The molecule has 0 amide bonds. The summed E-state index contributed by atoms with van der Waals surface area (Å²) in [5, 5.41) is 18.4. The Balaban J connectivity index is 1.86. The zero-order chi connectivity index (χ0) is 22.3. The smallest absolute Gasteiger partial charge is 0.156 e. The largest absolute Gasteiger partial charge is 0.298 e. The van der Waals surface area contributed by atoms with Crippen LogP contribution in [0.15, 0.2) is 109 Å². The Hall–Kier alpha value is -4.47. The number of carbonyl (C=O) groups excluding carboxylic acids is 1. The summed E-state index contributed by atoms with van der Waals surface area (Å²) in [4.78, 5) is 14.2. The molecule has 0 aliphatic carbocycles. The van der Waals surface area contributed by atoms with E-state index in [0.717, 1.165) is 22.3 Å². The van der Waals surface area contributed by atoms with Gasteiger partial charge < -0.3 is 0 Å². The molecule has 152 valence electrons. The highest BCUT2D eigenvalue weighted by Crippen LogP contribution is 2.36. The number of carbonyl (C=O) groups is 1. The maximum absolute atomic E-state index is 14.2. The maximum atomic E-state index is 14.2. The summed E-state index contributed by atoms with van der Waals surface area (Å²) in [6, 6.07) is 38.1. The molecule has 0 aromatic heterocycles. The fourth-order valence-electron chi connectivity index (χ4n) is 4.00. The number of hydrogen-bond donors (Lipinski definition) is 0. The van der Waals surface area contributed by atoms with Crippen molar-refractivity contribution < 1.29 is 4.79 Å². The van der Waals surface area contributed by atoms with Gasteiger partial charge in [-0.25, -0.2) is 0 Å². The Morgan fingerprint density at radius 2 is 0.812 bits per heavy atom. The van der Waals surface area contributed by atoms with Crippen LogP contribution >= 0.6 is 0 Å². The summed E-state index contributed by atoms with van der Waals surface area (Å²) in [7, 11) is 0. The summed E-state index contributed by atoms with van der Waals surface area (Å²) in [6.07, 6.45) is 0. The standard InChI is InChI=1S/C29H20N2O/c30-19-21-11-15-25(16-12-21)27(23-7-3-1-4-8-23)29(32)28(24-9-5-2-6-10-24)26-17-13-22(20-31)14-18-26/h1-18,27-28H. The first-order chi connectivity index (χ1) is 15.7. The molecule has 0 aliphatic rings. The molecule has 2 atom stereocenters. The summed E-state index contributed by atoms with van der Waals surface area (Å²) < 4.78 is 0. The SMILES string of the molecule is N#Cc1ccc(C(C(=O)C(c2ccccc2)c2ccc(C#N)cc2)c2ccccc2)cc1. The van der Waals surface area contributed by atoms with Crippen LogP contribution < -0.4 is 0 Å². The van der Waals surface area contributed by atoms with E-state index in [-0.39, 0.29) is 5.78 Å². The fourth-order valence-corrected chi connectivity index (χ4v) is 4.00. The second-order valence-electron chi connectivity index (χ2n) is 7.56. The average molecular weight is 412 g/mol. The second kappa shape index (κ2) is 9.56. The van der Waals surface area contributed by atoms with E-state index in [2.05, 4.69) is 12.1 Å². The van der Waals surface area contributed by atoms with Gasteiger partial charge in [0.1, 0.15) is 0 Å². The molecule has 4 aromatic rings. The number of benzene rings is 4. The molecule has 0 heterocycles. The van der Waals surface area contributed by atoms with E-state index >= 15 is 0 Å². The topological polar surface area (TPSA) is 64.7 Å². The molecule has 3 heteroatoms. The van der Waals surface area contributed by atoms with Crippen LogP contribution in [0, 0.1) is 22.7 Å². The van der Waals surface area contributed by atoms with E-state index in [1.165, 1.54) is 0 Å². The molecule has 2 unspecified atom stereocenters. The molecule has 0 aliphatic heterocycles. The van der Waals surface area contributed by atoms with Crippen LogP contribution in [0.1, 0.15) is 45.2 Å². The molecular formula is C29H20N2O. The number of ketones is 1. The van der Waals surface area contributed by atoms with E-state index in [0.29, 0.717) is 11.1 Å². The van der Waals surface area contributed by atoms with Crippen LogP contribution in [-0.2, 0) is 4.79 Å². The Morgan fingerprint density at radius 1 is 0.500 bits per heavy atom. The first-order valence-corrected chi connectivity index (χ1v) is 10.3. The van der Waals surface area contributed by atoms with Crippen LogP contribution in [0.25, 0.3) is 0 Å². The lowest BCUT2D eigenvalue weighted by atomic mass is 9.77. The molecule has 4 aromatic carbocycles. The van der Waals surface area contributed by atoms with Gasteiger partial charge in [-0.15, -0.1) is 0 Å². The minimum absolute atomic E-state index is 0.0387. The first kappa shape index (κ1) is 20.8. The summed E-state index contributed by atoms with van der Waals surface area (Å²) in [5.74, 6) is -0.952. The number of Topliss-reactive ketones (excluding diaryl/α,β-unsaturated/α-hetero) is 1. The van der Waals surface area contributed by atoms with Gasteiger partial charge in [0.25, 0.3) is 0 Å². The molecular weight excluding hydrogens is 392 g/mol. The van der Waals surface area contributed by atoms with Crippen molar-refractivity contribution in [3.05, 3.63) is 143 Å². The zero-order valence-corrected chi connectivity index (χ0v) is 17.3. The highest BCUT2D eigenvalue weighted by molar-refractivity contribution is 5.97. The molecule has 3 nitrogen and oxygen atoms in total. The van der Waals surface area contributed by atoms with E-state index in [1.807, 2.05) is 84.9 Å². The van der Waals surface area contributed by atoms with Crippen molar-refractivity contribution in [1.29, 1.82) is 10.5 Å². The Bertz CT molecular complexity index is 1180. The number of nitriles is 2. The maximum Gasteiger partial charge on any atom is 0.156 e. The minimum atomic E-state index is -0.496. The van der Waals surface area contributed by atoms with Crippen molar-refractivity contribution >= 4 is 5.78 Å². The highest BCUT2D eigenvalue weighted by Gasteiger charge is 2.31.